The van der Waals surface area contributed by atoms with Gasteiger partial charge in [0, 0.05) is 10.2 Å². The number of ether oxygens (including phenoxy) is 1. The van der Waals surface area contributed by atoms with E-state index in [4.69, 9.17) is 10.5 Å². The summed E-state index contributed by atoms with van der Waals surface area (Å²) in [7, 11) is 0. The minimum Gasteiger partial charge on any atom is -0.457 e. The Kier molecular flexibility index (Phi) is 4.39. The lowest BCUT2D eigenvalue weighted by Crippen LogP contribution is -2.09. The van der Waals surface area contributed by atoms with Gasteiger partial charge in [0.2, 0.25) is 0 Å². The maximum atomic E-state index is 13.2. The second-order valence-electron chi connectivity index (χ2n) is 4.39. The number of carbonyl (C=O) groups excluding carboxylic acids is 1. The van der Waals surface area contributed by atoms with E-state index in [1.807, 2.05) is 13.0 Å². The molecular formula is C15H13BrFNO2. The monoisotopic (exact) mass is 337 g/mol. The molecule has 0 unspecified atom stereocenters. The van der Waals surface area contributed by atoms with Crippen LogP contribution in [0.25, 0.3) is 0 Å². The van der Waals surface area contributed by atoms with Gasteiger partial charge in [-0.2, -0.15) is 0 Å². The smallest absolute Gasteiger partial charge is 0.340 e. The second-order valence-corrected chi connectivity index (χ2v) is 5.31. The van der Waals surface area contributed by atoms with E-state index < -0.39 is 5.97 Å². The lowest BCUT2D eigenvalue weighted by atomic mass is 10.1. The Morgan fingerprint density at radius 3 is 2.80 bits per heavy atom. The van der Waals surface area contributed by atoms with Gasteiger partial charge in [-0.15, -0.1) is 0 Å². The summed E-state index contributed by atoms with van der Waals surface area (Å²) in [5, 5.41) is 0. The Hall–Kier alpha value is -1.88. The first-order chi connectivity index (χ1) is 9.47. The Morgan fingerprint density at radius 1 is 1.35 bits per heavy atom. The van der Waals surface area contributed by atoms with Crippen LogP contribution in [0.5, 0.6) is 0 Å². The van der Waals surface area contributed by atoms with Crippen LogP contribution in [-0.2, 0) is 11.3 Å². The van der Waals surface area contributed by atoms with Gasteiger partial charge in [-0.25, -0.2) is 9.18 Å². The average molecular weight is 338 g/mol. The largest absolute Gasteiger partial charge is 0.457 e. The molecule has 2 aromatic carbocycles. The van der Waals surface area contributed by atoms with Crippen molar-refractivity contribution in [1.82, 2.24) is 0 Å². The number of nitrogen functional groups attached to an aromatic ring is 1. The van der Waals surface area contributed by atoms with E-state index in [-0.39, 0.29) is 12.4 Å². The molecule has 0 aliphatic carbocycles. The van der Waals surface area contributed by atoms with Crippen molar-refractivity contribution in [3.63, 3.8) is 0 Å². The first-order valence-corrected chi connectivity index (χ1v) is 6.74. The fraction of sp³-hybridized carbons (Fsp3) is 0.133. The summed E-state index contributed by atoms with van der Waals surface area (Å²) < 4.78 is 19.0. The number of rotatable bonds is 3. The normalized spacial score (nSPS) is 10.3. The van der Waals surface area contributed by atoms with Gasteiger partial charge in [-0.3, -0.25) is 0 Å². The molecule has 0 radical (unpaired) electrons. The van der Waals surface area contributed by atoms with Gasteiger partial charge in [0.25, 0.3) is 0 Å². The SMILES string of the molecule is Cc1cccc(C(=O)OCc2cc(F)cc(Br)c2)c1N. The van der Waals surface area contributed by atoms with Gasteiger partial charge in [-0.05, 0) is 42.3 Å². The zero-order valence-electron chi connectivity index (χ0n) is 10.8. The van der Waals surface area contributed by atoms with Gasteiger partial charge in [0.05, 0.1) is 5.56 Å². The zero-order valence-corrected chi connectivity index (χ0v) is 12.4. The van der Waals surface area contributed by atoms with Gasteiger partial charge < -0.3 is 10.5 Å². The molecule has 0 amide bonds. The summed E-state index contributed by atoms with van der Waals surface area (Å²) in [5.74, 6) is -0.910. The van der Waals surface area contributed by atoms with Crippen LogP contribution in [-0.4, -0.2) is 5.97 Å². The van der Waals surface area contributed by atoms with E-state index in [0.29, 0.717) is 21.3 Å². The molecule has 0 bridgehead atoms. The van der Waals surface area contributed by atoms with Crippen molar-refractivity contribution >= 4 is 27.6 Å². The highest BCUT2D eigenvalue weighted by Gasteiger charge is 2.12. The third kappa shape index (κ3) is 3.36. The predicted molar refractivity (Wildman–Crippen MR) is 78.8 cm³/mol. The van der Waals surface area contributed by atoms with E-state index in [9.17, 15) is 9.18 Å². The quantitative estimate of drug-likeness (QED) is 0.683. The fourth-order valence-corrected chi connectivity index (χ4v) is 2.29. The molecule has 2 aromatic rings. The van der Waals surface area contributed by atoms with Crippen molar-refractivity contribution in [2.45, 2.75) is 13.5 Å². The zero-order chi connectivity index (χ0) is 14.7. The Morgan fingerprint density at radius 2 is 2.10 bits per heavy atom. The number of para-hydroxylation sites is 1. The van der Waals surface area contributed by atoms with Crippen molar-refractivity contribution in [2.75, 3.05) is 5.73 Å². The van der Waals surface area contributed by atoms with Crippen molar-refractivity contribution < 1.29 is 13.9 Å². The average Bonchev–Trinajstić information content (AvgIpc) is 2.38. The summed E-state index contributed by atoms with van der Waals surface area (Å²) in [5.41, 5.74) is 7.93. The molecule has 5 heteroatoms. The van der Waals surface area contributed by atoms with Gasteiger partial charge >= 0.3 is 5.97 Å². The molecule has 0 aromatic heterocycles. The van der Waals surface area contributed by atoms with Crippen molar-refractivity contribution in [1.29, 1.82) is 0 Å². The van der Waals surface area contributed by atoms with Gasteiger partial charge in [0.15, 0.2) is 0 Å². The van der Waals surface area contributed by atoms with E-state index >= 15 is 0 Å². The van der Waals surface area contributed by atoms with Gasteiger partial charge in [-0.1, -0.05) is 28.1 Å². The van der Waals surface area contributed by atoms with Crippen molar-refractivity contribution in [3.05, 3.63) is 63.4 Å². The molecule has 0 aliphatic heterocycles. The number of carbonyl (C=O) groups is 1. The number of benzene rings is 2. The highest BCUT2D eigenvalue weighted by Crippen LogP contribution is 2.19. The number of esters is 1. The lowest BCUT2D eigenvalue weighted by molar-refractivity contribution is 0.0473. The van der Waals surface area contributed by atoms with Crippen LogP contribution in [0.15, 0.2) is 40.9 Å². The molecule has 2 N–H and O–H groups in total. The molecule has 0 fully saturated rings. The molecule has 0 saturated heterocycles. The van der Waals surface area contributed by atoms with Crippen LogP contribution < -0.4 is 5.73 Å². The number of hydrogen-bond acceptors (Lipinski definition) is 3. The van der Waals surface area contributed by atoms with Crippen LogP contribution in [0.4, 0.5) is 10.1 Å². The van der Waals surface area contributed by atoms with E-state index in [2.05, 4.69) is 15.9 Å². The molecule has 0 aliphatic rings. The number of anilines is 1. The molecular weight excluding hydrogens is 325 g/mol. The fourth-order valence-electron chi connectivity index (χ4n) is 1.78. The molecule has 20 heavy (non-hydrogen) atoms. The summed E-state index contributed by atoms with van der Waals surface area (Å²) in [6, 6.07) is 9.50. The van der Waals surface area contributed by atoms with Gasteiger partial charge in [0.1, 0.15) is 12.4 Å². The number of nitrogens with two attached hydrogens (primary N) is 1. The van der Waals surface area contributed by atoms with Crippen LogP contribution in [0.2, 0.25) is 0 Å². The maximum absolute atomic E-state index is 13.2. The Bertz CT molecular complexity index is 638. The van der Waals surface area contributed by atoms with Crippen LogP contribution in [0, 0.1) is 12.7 Å². The van der Waals surface area contributed by atoms with Crippen molar-refractivity contribution in [3.8, 4) is 0 Å². The molecule has 0 spiro atoms. The highest BCUT2D eigenvalue weighted by molar-refractivity contribution is 9.10. The Balaban J connectivity index is 2.10. The molecule has 0 atom stereocenters. The van der Waals surface area contributed by atoms with E-state index in [1.165, 1.54) is 12.1 Å². The first-order valence-electron chi connectivity index (χ1n) is 5.94. The molecule has 0 saturated carbocycles. The summed E-state index contributed by atoms with van der Waals surface area (Å²) in [6.07, 6.45) is 0. The highest BCUT2D eigenvalue weighted by atomic mass is 79.9. The predicted octanol–water partition coefficient (Wildman–Crippen LogP) is 3.84. The topological polar surface area (TPSA) is 52.3 Å². The number of halogens is 2. The minimum absolute atomic E-state index is 0.0113. The summed E-state index contributed by atoms with van der Waals surface area (Å²) >= 11 is 3.19. The van der Waals surface area contributed by atoms with E-state index in [1.54, 1.807) is 18.2 Å². The minimum atomic E-state index is -0.522. The van der Waals surface area contributed by atoms with Crippen LogP contribution >= 0.6 is 15.9 Å². The van der Waals surface area contributed by atoms with E-state index in [0.717, 1.165) is 5.56 Å². The molecule has 2 rings (SSSR count). The lowest BCUT2D eigenvalue weighted by Gasteiger charge is -2.09. The number of hydrogen-bond donors (Lipinski definition) is 1. The third-order valence-corrected chi connectivity index (χ3v) is 3.29. The maximum Gasteiger partial charge on any atom is 0.340 e. The van der Waals surface area contributed by atoms with Crippen LogP contribution in [0.3, 0.4) is 0 Å². The summed E-state index contributed by atoms with van der Waals surface area (Å²) in [6.45, 7) is 1.80. The molecule has 3 nitrogen and oxygen atoms in total. The Labute approximate surface area is 124 Å². The number of aryl methyl sites for hydroxylation is 1. The molecule has 0 heterocycles. The standard InChI is InChI=1S/C15H13BrFNO2/c1-9-3-2-4-13(14(9)18)15(19)20-8-10-5-11(16)7-12(17)6-10/h2-7H,8,18H2,1H3. The summed E-state index contributed by atoms with van der Waals surface area (Å²) in [4.78, 5) is 12.0. The third-order valence-electron chi connectivity index (χ3n) is 2.84. The van der Waals surface area contributed by atoms with Crippen LogP contribution in [0.1, 0.15) is 21.5 Å². The van der Waals surface area contributed by atoms with Crippen molar-refractivity contribution in [2.24, 2.45) is 0 Å². The second kappa shape index (κ2) is 6.05. The first kappa shape index (κ1) is 14.5. The molecule has 104 valence electrons.